The second-order valence-corrected chi connectivity index (χ2v) is 4.45. The second-order valence-electron chi connectivity index (χ2n) is 4.45. The van der Waals surface area contributed by atoms with Crippen LogP contribution in [0.1, 0.15) is 10.6 Å². The average Bonchev–Trinajstić information content (AvgIpc) is 3.00. The van der Waals surface area contributed by atoms with Gasteiger partial charge in [-0.3, -0.25) is 0 Å². The molecule has 2 heterocycles. The highest BCUT2D eigenvalue weighted by atomic mass is 16.4. The summed E-state index contributed by atoms with van der Waals surface area (Å²) in [6.07, 6.45) is 5.30. The number of carbonyl (C=O) groups is 1. The summed E-state index contributed by atoms with van der Waals surface area (Å²) in [6.45, 7) is 1.32. The van der Waals surface area contributed by atoms with E-state index in [1.54, 1.807) is 18.6 Å². The maximum absolute atomic E-state index is 11.1. The standard InChI is InChI=1S/C14H13N5O2/c20-14(21)13-17-11-4-2-1-3-10(11)12(18-13)16-6-8-19-7-5-15-9-19/h1-5,7,9H,6,8H2,(H,20,21)(H,16,17,18). The molecule has 0 saturated carbocycles. The van der Waals surface area contributed by atoms with Crippen molar-refractivity contribution in [3.05, 3.63) is 48.8 Å². The van der Waals surface area contributed by atoms with Crippen molar-refractivity contribution < 1.29 is 9.90 Å². The minimum Gasteiger partial charge on any atom is -0.475 e. The first-order valence-electron chi connectivity index (χ1n) is 6.44. The molecule has 1 aromatic carbocycles. The van der Waals surface area contributed by atoms with Crippen molar-refractivity contribution in [2.24, 2.45) is 0 Å². The third kappa shape index (κ3) is 2.81. The first-order valence-corrected chi connectivity index (χ1v) is 6.44. The number of nitrogens with one attached hydrogen (secondary N) is 1. The van der Waals surface area contributed by atoms with Gasteiger partial charge in [-0.05, 0) is 12.1 Å². The fourth-order valence-electron chi connectivity index (χ4n) is 2.03. The van der Waals surface area contributed by atoms with E-state index in [1.807, 2.05) is 29.0 Å². The molecule has 21 heavy (non-hydrogen) atoms. The molecule has 0 atom stereocenters. The van der Waals surface area contributed by atoms with E-state index in [0.717, 1.165) is 5.39 Å². The maximum atomic E-state index is 11.1. The molecule has 106 valence electrons. The van der Waals surface area contributed by atoms with Gasteiger partial charge >= 0.3 is 5.97 Å². The highest BCUT2D eigenvalue weighted by Gasteiger charge is 2.12. The Morgan fingerprint density at radius 3 is 2.90 bits per heavy atom. The Bertz CT molecular complexity index is 770. The van der Waals surface area contributed by atoms with Crippen molar-refractivity contribution in [2.75, 3.05) is 11.9 Å². The predicted octanol–water partition coefficient (Wildman–Crippen LogP) is 1.64. The Balaban J connectivity index is 1.87. The SMILES string of the molecule is O=C(O)c1nc(NCCn2ccnc2)c2ccccc2n1. The van der Waals surface area contributed by atoms with Gasteiger partial charge in [0.1, 0.15) is 5.82 Å². The summed E-state index contributed by atoms with van der Waals surface area (Å²) in [5.74, 6) is -0.824. The van der Waals surface area contributed by atoms with E-state index >= 15 is 0 Å². The van der Waals surface area contributed by atoms with Gasteiger partial charge in [0.05, 0.1) is 11.8 Å². The molecular formula is C14H13N5O2. The lowest BCUT2D eigenvalue weighted by molar-refractivity contribution is 0.0684. The second kappa shape index (κ2) is 5.58. The van der Waals surface area contributed by atoms with Gasteiger partial charge < -0.3 is 15.0 Å². The Kier molecular flexibility index (Phi) is 3.46. The molecule has 0 spiro atoms. The summed E-state index contributed by atoms with van der Waals surface area (Å²) in [5.41, 5.74) is 0.607. The summed E-state index contributed by atoms with van der Waals surface area (Å²) in [6, 6.07) is 7.31. The van der Waals surface area contributed by atoms with E-state index in [-0.39, 0.29) is 5.82 Å². The van der Waals surface area contributed by atoms with Crippen LogP contribution in [0.4, 0.5) is 5.82 Å². The van der Waals surface area contributed by atoms with E-state index in [9.17, 15) is 4.79 Å². The molecule has 0 aliphatic carbocycles. The molecule has 0 aliphatic heterocycles. The van der Waals surface area contributed by atoms with Crippen LogP contribution in [0.2, 0.25) is 0 Å². The molecule has 0 aliphatic rings. The monoisotopic (exact) mass is 283 g/mol. The number of carboxylic acid groups (broad SMARTS) is 1. The van der Waals surface area contributed by atoms with Crippen molar-refractivity contribution in [1.82, 2.24) is 19.5 Å². The lowest BCUT2D eigenvalue weighted by atomic mass is 10.2. The summed E-state index contributed by atoms with van der Waals surface area (Å²) >= 11 is 0. The zero-order valence-corrected chi connectivity index (χ0v) is 11.1. The fourth-order valence-corrected chi connectivity index (χ4v) is 2.03. The van der Waals surface area contributed by atoms with Crippen molar-refractivity contribution in [3.63, 3.8) is 0 Å². The topological polar surface area (TPSA) is 92.9 Å². The molecular weight excluding hydrogens is 270 g/mol. The first-order chi connectivity index (χ1) is 10.2. The Morgan fingerprint density at radius 2 is 2.14 bits per heavy atom. The van der Waals surface area contributed by atoms with Gasteiger partial charge in [-0.25, -0.2) is 19.7 Å². The van der Waals surface area contributed by atoms with Crippen LogP contribution in [0.15, 0.2) is 43.0 Å². The smallest absolute Gasteiger partial charge is 0.374 e. The highest BCUT2D eigenvalue weighted by molar-refractivity contribution is 5.93. The summed E-state index contributed by atoms with van der Waals surface area (Å²) in [7, 11) is 0. The normalized spacial score (nSPS) is 10.7. The quantitative estimate of drug-likeness (QED) is 0.739. The molecule has 0 fully saturated rings. The van der Waals surface area contributed by atoms with Crippen LogP contribution in [-0.4, -0.2) is 37.1 Å². The number of hydrogen-bond donors (Lipinski definition) is 2. The highest BCUT2D eigenvalue weighted by Crippen LogP contribution is 2.19. The largest absolute Gasteiger partial charge is 0.475 e. The summed E-state index contributed by atoms with van der Waals surface area (Å²) in [5, 5.41) is 13.0. The molecule has 0 unspecified atom stereocenters. The molecule has 2 aromatic heterocycles. The molecule has 3 rings (SSSR count). The zero-order chi connectivity index (χ0) is 14.7. The van der Waals surface area contributed by atoms with Crippen LogP contribution in [0.25, 0.3) is 10.9 Å². The van der Waals surface area contributed by atoms with Crippen molar-refractivity contribution in [2.45, 2.75) is 6.54 Å². The van der Waals surface area contributed by atoms with Crippen LogP contribution in [0.3, 0.4) is 0 Å². The van der Waals surface area contributed by atoms with Crippen LogP contribution in [-0.2, 0) is 6.54 Å². The summed E-state index contributed by atoms with van der Waals surface area (Å²) < 4.78 is 1.93. The molecule has 0 saturated heterocycles. The van der Waals surface area contributed by atoms with Gasteiger partial charge in [0.2, 0.25) is 5.82 Å². The number of para-hydroxylation sites is 1. The van der Waals surface area contributed by atoms with E-state index in [2.05, 4.69) is 20.3 Å². The predicted molar refractivity (Wildman–Crippen MR) is 77.2 cm³/mol. The third-order valence-electron chi connectivity index (χ3n) is 3.02. The number of rotatable bonds is 5. The van der Waals surface area contributed by atoms with Crippen molar-refractivity contribution in [3.8, 4) is 0 Å². The van der Waals surface area contributed by atoms with Gasteiger partial charge in [-0.2, -0.15) is 0 Å². The Hall–Kier alpha value is -2.96. The minimum absolute atomic E-state index is 0.209. The summed E-state index contributed by atoms with van der Waals surface area (Å²) in [4.78, 5) is 23.2. The van der Waals surface area contributed by atoms with Crippen molar-refractivity contribution in [1.29, 1.82) is 0 Å². The van der Waals surface area contributed by atoms with E-state index in [1.165, 1.54) is 0 Å². The number of nitrogens with zero attached hydrogens (tertiary/aromatic N) is 4. The van der Waals surface area contributed by atoms with E-state index < -0.39 is 5.97 Å². The number of fused-ring (bicyclic) bond motifs is 1. The molecule has 0 bridgehead atoms. The lowest BCUT2D eigenvalue weighted by Gasteiger charge is -2.09. The number of aromatic nitrogens is 4. The molecule has 3 aromatic rings. The third-order valence-corrected chi connectivity index (χ3v) is 3.02. The average molecular weight is 283 g/mol. The molecule has 7 nitrogen and oxygen atoms in total. The number of aromatic carboxylic acids is 1. The Labute approximate surface area is 120 Å². The molecule has 7 heteroatoms. The number of benzene rings is 1. The molecule has 0 amide bonds. The van der Waals surface area contributed by atoms with Gasteiger partial charge in [-0.1, -0.05) is 12.1 Å². The Morgan fingerprint density at radius 1 is 1.29 bits per heavy atom. The van der Waals surface area contributed by atoms with Crippen LogP contribution in [0.5, 0.6) is 0 Å². The van der Waals surface area contributed by atoms with E-state index in [4.69, 9.17) is 5.11 Å². The molecule has 2 N–H and O–H groups in total. The van der Waals surface area contributed by atoms with Gasteiger partial charge in [0.25, 0.3) is 0 Å². The van der Waals surface area contributed by atoms with Gasteiger partial charge in [0, 0.05) is 30.9 Å². The number of imidazole rings is 1. The van der Waals surface area contributed by atoms with Crippen LogP contribution >= 0.6 is 0 Å². The first kappa shape index (κ1) is 13.0. The van der Waals surface area contributed by atoms with Crippen LogP contribution in [0, 0.1) is 0 Å². The fraction of sp³-hybridized carbons (Fsp3) is 0.143. The number of carboxylic acids is 1. The number of hydrogen-bond acceptors (Lipinski definition) is 5. The number of anilines is 1. The van der Waals surface area contributed by atoms with Crippen molar-refractivity contribution >= 4 is 22.7 Å². The van der Waals surface area contributed by atoms with E-state index in [0.29, 0.717) is 24.4 Å². The van der Waals surface area contributed by atoms with Gasteiger partial charge in [0.15, 0.2) is 0 Å². The molecule has 0 radical (unpaired) electrons. The maximum Gasteiger partial charge on any atom is 0.374 e. The van der Waals surface area contributed by atoms with Crippen LogP contribution < -0.4 is 5.32 Å². The lowest BCUT2D eigenvalue weighted by Crippen LogP contribution is -2.13. The van der Waals surface area contributed by atoms with Gasteiger partial charge in [-0.15, -0.1) is 0 Å². The minimum atomic E-state index is -1.14. The zero-order valence-electron chi connectivity index (χ0n) is 11.1.